The Balaban J connectivity index is 1.81. The molecule has 0 unspecified atom stereocenters. The fourth-order valence-corrected chi connectivity index (χ4v) is 4.90. The molecular formula is C27H31N5O2S. The Bertz CT molecular complexity index is 1270. The highest BCUT2D eigenvalue weighted by molar-refractivity contribution is 7.98. The number of benzene rings is 2. The van der Waals surface area contributed by atoms with Crippen LogP contribution in [0, 0.1) is 0 Å². The van der Waals surface area contributed by atoms with E-state index in [1.165, 1.54) is 17.8 Å². The van der Waals surface area contributed by atoms with Crippen molar-refractivity contribution in [1.29, 1.82) is 0 Å². The summed E-state index contributed by atoms with van der Waals surface area (Å²) in [7, 11) is 0. The Morgan fingerprint density at radius 3 is 2.31 bits per heavy atom. The van der Waals surface area contributed by atoms with Crippen LogP contribution in [-0.4, -0.2) is 43.1 Å². The van der Waals surface area contributed by atoms with E-state index in [0.29, 0.717) is 22.3 Å². The largest absolute Gasteiger partial charge is 0.508 e. The van der Waals surface area contributed by atoms with Gasteiger partial charge in [-0.1, -0.05) is 31.7 Å². The van der Waals surface area contributed by atoms with Crippen molar-refractivity contribution in [3.05, 3.63) is 72.1 Å². The fourth-order valence-electron chi connectivity index (χ4n) is 4.03. The first-order chi connectivity index (χ1) is 16.9. The van der Waals surface area contributed by atoms with Gasteiger partial charge in [0.2, 0.25) is 0 Å². The molecule has 2 aromatic carbocycles. The molecule has 7 nitrogen and oxygen atoms in total. The van der Waals surface area contributed by atoms with Gasteiger partial charge in [-0.15, -0.1) is 10.2 Å². The molecule has 4 aromatic rings. The summed E-state index contributed by atoms with van der Waals surface area (Å²) in [5, 5.41) is 30.7. The van der Waals surface area contributed by atoms with Gasteiger partial charge in [0.05, 0.1) is 11.3 Å². The summed E-state index contributed by atoms with van der Waals surface area (Å²) in [5.41, 5.74) is 4.25. The maximum Gasteiger partial charge on any atom is 0.196 e. The standard InChI is InChI=1S/C27H31N5O2S/c1-5-31(6-2)20-10-12-21(13-11-20)32-26(23-15-22(18(3)4)24(33)16-25(23)34)29-30-27(32)35-17-19-9-7-8-14-28-19/h7-16,18,33-34H,5-6,17H2,1-4H3. The fraction of sp³-hybridized carbons (Fsp3) is 0.296. The molecular weight excluding hydrogens is 458 g/mol. The number of anilines is 1. The molecule has 0 radical (unpaired) electrons. The van der Waals surface area contributed by atoms with Gasteiger partial charge in [-0.05, 0) is 67.8 Å². The Morgan fingerprint density at radius 1 is 0.943 bits per heavy atom. The summed E-state index contributed by atoms with van der Waals surface area (Å²) < 4.78 is 1.95. The minimum atomic E-state index is -0.0402. The van der Waals surface area contributed by atoms with Gasteiger partial charge < -0.3 is 15.1 Å². The van der Waals surface area contributed by atoms with E-state index in [1.807, 2.05) is 48.7 Å². The number of nitrogens with zero attached hydrogens (tertiary/aromatic N) is 5. The van der Waals surface area contributed by atoms with Crippen molar-refractivity contribution in [2.45, 2.75) is 44.5 Å². The Hall–Kier alpha value is -3.52. The zero-order chi connectivity index (χ0) is 24.9. The van der Waals surface area contributed by atoms with Crippen LogP contribution >= 0.6 is 11.8 Å². The van der Waals surface area contributed by atoms with E-state index in [9.17, 15) is 10.2 Å². The van der Waals surface area contributed by atoms with Crippen molar-refractivity contribution in [2.75, 3.05) is 18.0 Å². The van der Waals surface area contributed by atoms with Gasteiger partial charge in [-0.3, -0.25) is 9.55 Å². The topological polar surface area (TPSA) is 87.3 Å². The van der Waals surface area contributed by atoms with E-state index < -0.39 is 0 Å². The second-order valence-electron chi connectivity index (χ2n) is 8.52. The minimum absolute atomic E-state index is 0.0402. The summed E-state index contributed by atoms with van der Waals surface area (Å²) >= 11 is 1.53. The molecule has 0 bridgehead atoms. The summed E-state index contributed by atoms with van der Waals surface area (Å²) in [5.74, 6) is 1.26. The van der Waals surface area contributed by atoms with E-state index in [2.05, 4.69) is 46.1 Å². The predicted molar refractivity (Wildman–Crippen MR) is 142 cm³/mol. The van der Waals surface area contributed by atoms with Crippen molar-refractivity contribution in [1.82, 2.24) is 19.7 Å². The second kappa shape index (κ2) is 10.8. The molecule has 4 rings (SSSR count). The summed E-state index contributed by atoms with van der Waals surface area (Å²) in [6.07, 6.45) is 1.78. The molecule has 0 spiro atoms. The molecule has 182 valence electrons. The average molecular weight is 490 g/mol. The highest BCUT2D eigenvalue weighted by Crippen LogP contribution is 2.39. The molecule has 35 heavy (non-hydrogen) atoms. The zero-order valence-electron chi connectivity index (χ0n) is 20.5. The third-order valence-corrected chi connectivity index (χ3v) is 6.92. The number of aromatic hydroxyl groups is 2. The predicted octanol–water partition coefficient (Wildman–Crippen LogP) is 6.00. The lowest BCUT2D eigenvalue weighted by atomic mass is 9.98. The van der Waals surface area contributed by atoms with E-state index >= 15 is 0 Å². The highest BCUT2D eigenvalue weighted by Gasteiger charge is 2.21. The Labute approximate surface area is 210 Å². The quantitative estimate of drug-likeness (QED) is 0.279. The van der Waals surface area contributed by atoms with Gasteiger partial charge in [0.1, 0.15) is 11.5 Å². The third kappa shape index (κ3) is 5.27. The first kappa shape index (κ1) is 24.6. The number of thioether (sulfide) groups is 1. The second-order valence-corrected chi connectivity index (χ2v) is 9.47. The van der Waals surface area contributed by atoms with Gasteiger partial charge in [0.15, 0.2) is 11.0 Å². The van der Waals surface area contributed by atoms with Crippen LogP contribution in [0.1, 0.15) is 44.9 Å². The van der Waals surface area contributed by atoms with Crippen LogP contribution < -0.4 is 4.90 Å². The number of phenols is 2. The first-order valence-electron chi connectivity index (χ1n) is 11.8. The van der Waals surface area contributed by atoms with E-state index in [4.69, 9.17) is 0 Å². The van der Waals surface area contributed by atoms with Crippen LogP contribution in [0.2, 0.25) is 0 Å². The van der Waals surface area contributed by atoms with Gasteiger partial charge >= 0.3 is 0 Å². The molecule has 0 fully saturated rings. The number of hydrogen-bond donors (Lipinski definition) is 2. The third-order valence-electron chi connectivity index (χ3n) is 5.95. The maximum atomic E-state index is 10.8. The van der Waals surface area contributed by atoms with Crippen molar-refractivity contribution in [3.8, 4) is 28.6 Å². The monoisotopic (exact) mass is 489 g/mol. The van der Waals surface area contributed by atoms with E-state index in [-0.39, 0.29) is 17.4 Å². The molecule has 0 aliphatic rings. The number of rotatable bonds is 9. The number of phenolic OH excluding ortho intramolecular Hbond substituents is 2. The normalized spacial score (nSPS) is 11.2. The van der Waals surface area contributed by atoms with Crippen molar-refractivity contribution < 1.29 is 10.2 Å². The summed E-state index contributed by atoms with van der Waals surface area (Å²) in [4.78, 5) is 6.70. The minimum Gasteiger partial charge on any atom is -0.508 e. The molecule has 0 saturated heterocycles. The molecule has 0 aliphatic carbocycles. The number of pyridine rings is 1. The van der Waals surface area contributed by atoms with Crippen LogP contribution in [-0.2, 0) is 5.75 Å². The average Bonchev–Trinajstić information content (AvgIpc) is 3.28. The first-order valence-corrected chi connectivity index (χ1v) is 12.8. The molecule has 2 N–H and O–H groups in total. The molecule has 2 heterocycles. The lowest BCUT2D eigenvalue weighted by Crippen LogP contribution is -2.21. The van der Waals surface area contributed by atoms with Gasteiger partial charge in [0, 0.05) is 42.5 Å². The highest BCUT2D eigenvalue weighted by atomic mass is 32.2. The van der Waals surface area contributed by atoms with Crippen molar-refractivity contribution in [3.63, 3.8) is 0 Å². The van der Waals surface area contributed by atoms with Crippen LogP contribution in [0.25, 0.3) is 17.1 Å². The van der Waals surface area contributed by atoms with Gasteiger partial charge in [-0.2, -0.15) is 0 Å². The Morgan fingerprint density at radius 2 is 1.69 bits per heavy atom. The van der Waals surface area contributed by atoms with Crippen LogP contribution in [0.5, 0.6) is 11.5 Å². The van der Waals surface area contributed by atoms with Gasteiger partial charge in [-0.25, -0.2) is 0 Å². The molecule has 0 aliphatic heterocycles. The Kier molecular flexibility index (Phi) is 7.60. The van der Waals surface area contributed by atoms with Crippen molar-refractivity contribution >= 4 is 17.4 Å². The van der Waals surface area contributed by atoms with Gasteiger partial charge in [0.25, 0.3) is 0 Å². The van der Waals surface area contributed by atoms with Crippen LogP contribution in [0.3, 0.4) is 0 Å². The molecule has 0 saturated carbocycles. The molecule has 0 atom stereocenters. The molecule has 2 aromatic heterocycles. The number of aromatic nitrogens is 4. The molecule has 8 heteroatoms. The smallest absolute Gasteiger partial charge is 0.196 e. The lowest BCUT2D eigenvalue weighted by Gasteiger charge is -2.21. The SMILES string of the molecule is CCN(CC)c1ccc(-n2c(SCc3ccccn3)nnc2-c2cc(C(C)C)c(O)cc2O)cc1. The van der Waals surface area contributed by atoms with E-state index in [0.717, 1.165) is 35.7 Å². The van der Waals surface area contributed by atoms with Crippen molar-refractivity contribution in [2.24, 2.45) is 0 Å². The van der Waals surface area contributed by atoms with Crippen LogP contribution in [0.4, 0.5) is 5.69 Å². The summed E-state index contributed by atoms with van der Waals surface area (Å²) in [6.45, 7) is 10.1. The summed E-state index contributed by atoms with van der Waals surface area (Å²) in [6, 6.07) is 17.3. The lowest BCUT2D eigenvalue weighted by molar-refractivity contribution is 0.444. The molecule has 0 amide bonds. The van der Waals surface area contributed by atoms with Crippen LogP contribution in [0.15, 0.2) is 66.0 Å². The zero-order valence-corrected chi connectivity index (χ0v) is 21.3. The van der Waals surface area contributed by atoms with E-state index in [1.54, 1.807) is 12.3 Å². The maximum absolute atomic E-state index is 10.8. The number of hydrogen-bond acceptors (Lipinski definition) is 7.